The number of amides is 1. The van der Waals surface area contributed by atoms with Crippen molar-refractivity contribution in [2.45, 2.75) is 26.4 Å². The minimum absolute atomic E-state index is 0.221. The number of nitrogens with zero attached hydrogens (tertiary/aromatic N) is 1. The highest BCUT2D eigenvalue weighted by molar-refractivity contribution is 5.89. The van der Waals surface area contributed by atoms with Crippen molar-refractivity contribution in [2.24, 2.45) is 0 Å². The van der Waals surface area contributed by atoms with Gasteiger partial charge in [0, 0.05) is 12.7 Å². The van der Waals surface area contributed by atoms with Gasteiger partial charge in [-0.15, -0.1) is 0 Å². The summed E-state index contributed by atoms with van der Waals surface area (Å²) in [7, 11) is 0. The summed E-state index contributed by atoms with van der Waals surface area (Å²) in [6, 6.07) is 9.47. The van der Waals surface area contributed by atoms with Crippen molar-refractivity contribution in [1.29, 1.82) is 0 Å². The third-order valence-corrected chi connectivity index (χ3v) is 3.13. The first-order valence-corrected chi connectivity index (χ1v) is 7.06. The minimum Gasteiger partial charge on any atom is -0.463 e. The molecule has 0 radical (unpaired) electrons. The number of carbonyl (C=O) groups is 2. The molecule has 0 saturated heterocycles. The average Bonchev–Trinajstić information content (AvgIpc) is 2.54. The number of benzene rings is 1. The summed E-state index contributed by atoms with van der Waals surface area (Å²) in [5.41, 5.74) is 1.44. The van der Waals surface area contributed by atoms with Crippen LogP contribution in [0.4, 0.5) is 4.79 Å². The largest absolute Gasteiger partial charge is 0.463 e. The predicted octanol–water partition coefficient (Wildman–Crippen LogP) is 2.87. The summed E-state index contributed by atoms with van der Waals surface area (Å²) in [6.45, 7) is 2.86. The summed E-state index contributed by atoms with van der Waals surface area (Å²) in [5.74, 6) is -0.363. The Balaban J connectivity index is 1.92. The lowest BCUT2D eigenvalue weighted by Crippen LogP contribution is -2.31. The van der Waals surface area contributed by atoms with E-state index in [1.54, 1.807) is 6.92 Å². The Bertz CT molecular complexity index is 524. The van der Waals surface area contributed by atoms with Gasteiger partial charge in [0.05, 0.1) is 12.2 Å². The van der Waals surface area contributed by atoms with Crippen molar-refractivity contribution in [3.05, 3.63) is 47.7 Å². The predicted molar refractivity (Wildman–Crippen MR) is 77.3 cm³/mol. The monoisotopic (exact) mass is 289 g/mol. The molecule has 21 heavy (non-hydrogen) atoms. The quantitative estimate of drug-likeness (QED) is 0.800. The van der Waals surface area contributed by atoms with Gasteiger partial charge in [-0.05, 0) is 25.3 Å². The van der Waals surface area contributed by atoms with Crippen LogP contribution in [-0.4, -0.2) is 30.1 Å². The second-order valence-electron chi connectivity index (χ2n) is 4.71. The highest BCUT2D eigenvalue weighted by Gasteiger charge is 2.22. The molecule has 1 aromatic carbocycles. The molecule has 1 aliphatic rings. The second-order valence-corrected chi connectivity index (χ2v) is 4.71. The Kier molecular flexibility index (Phi) is 5.37. The average molecular weight is 289 g/mol. The molecule has 1 amide bonds. The number of carbonyl (C=O) groups excluding carboxylic acids is 2. The van der Waals surface area contributed by atoms with Crippen LogP contribution in [0, 0.1) is 0 Å². The standard InChI is InChI=1S/C16H19NO4/c1-2-20-15(18)14-9-6-10-17(11-14)16(19)21-12-13-7-4-3-5-8-13/h3-5,7-8,11H,2,6,9-10,12H2,1H3. The molecule has 0 fully saturated rings. The smallest absolute Gasteiger partial charge is 0.414 e. The van der Waals surface area contributed by atoms with Crippen molar-refractivity contribution < 1.29 is 19.1 Å². The highest BCUT2D eigenvalue weighted by Crippen LogP contribution is 2.17. The number of esters is 1. The fourth-order valence-corrected chi connectivity index (χ4v) is 2.08. The molecule has 1 aliphatic heterocycles. The van der Waals surface area contributed by atoms with Gasteiger partial charge >= 0.3 is 12.1 Å². The van der Waals surface area contributed by atoms with Gasteiger partial charge in [-0.2, -0.15) is 0 Å². The molecule has 0 unspecified atom stereocenters. The molecule has 112 valence electrons. The van der Waals surface area contributed by atoms with Gasteiger partial charge in [0.25, 0.3) is 0 Å². The van der Waals surface area contributed by atoms with Crippen molar-refractivity contribution in [3.8, 4) is 0 Å². The molecule has 0 aliphatic carbocycles. The fraction of sp³-hybridized carbons (Fsp3) is 0.375. The van der Waals surface area contributed by atoms with E-state index in [4.69, 9.17) is 9.47 Å². The van der Waals surface area contributed by atoms with Crippen LogP contribution in [0.3, 0.4) is 0 Å². The van der Waals surface area contributed by atoms with E-state index in [1.165, 1.54) is 11.1 Å². The highest BCUT2D eigenvalue weighted by atomic mass is 16.6. The van der Waals surface area contributed by atoms with E-state index in [-0.39, 0.29) is 12.6 Å². The van der Waals surface area contributed by atoms with Crippen molar-refractivity contribution in [1.82, 2.24) is 4.90 Å². The van der Waals surface area contributed by atoms with Gasteiger partial charge in [-0.3, -0.25) is 4.90 Å². The van der Waals surface area contributed by atoms with Crippen LogP contribution in [0.2, 0.25) is 0 Å². The third kappa shape index (κ3) is 4.34. The topological polar surface area (TPSA) is 55.8 Å². The van der Waals surface area contributed by atoms with Gasteiger partial charge in [-0.25, -0.2) is 9.59 Å². The number of hydrogen-bond acceptors (Lipinski definition) is 4. The van der Waals surface area contributed by atoms with Crippen LogP contribution in [0.25, 0.3) is 0 Å². The minimum atomic E-state index is -0.444. The SMILES string of the molecule is CCOC(=O)C1=CN(C(=O)OCc2ccccc2)CCC1. The first kappa shape index (κ1) is 15.1. The first-order valence-electron chi connectivity index (χ1n) is 7.06. The molecule has 0 bridgehead atoms. The van der Waals surface area contributed by atoms with Crippen molar-refractivity contribution >= 4 is 12.1 Å². The number of ether oxygens (including phenoxy) is 2. The van der Waals surface area contributed by atoms with Gasteiger partial charge in [0.2, 0.25) is 0 Å². The van der Waals surface area contributed by atoms with Crippen molar-refractivity contribution in [2.75, 3.05) is 13.2 Å². The van der Waals surface area contributed by atoms with Crippen LogP contribution in [-0.2, 0) is 20.9 Å². The second kappa shape index (κ2) is 7.47. The lowest BCUT2D eigenvalue weighted by molar-refractivity contribution is -0.138. The Morgan fingerprint density at radius 3 is 2.67 bits per heavy atom. The van der Waals surface area contributed by atoms with Gasteiger partial charge in [-0.1, -0.05) is 30.3 Å². The first-order chi connectivity index (χ1) is 10.2. The molecule has 1 aromatic rings. The van der Waals surface area contributed by atoms with Crippen LogP contribution >= 0.6 is 0 Å². The summed E-state index contributed by atoms with van der Waals surface area (Å²) in [6.07, 6.45) is 2.45. The zero-order chi connectivity index (χ0) is 15.1. The molecular formula is C16H19NO4. The Hall–Kier alpha value is -2.30. The summed E-state index contributed by atoms with van der Waals surface area (Å²) in [4.78, 5) is 25.1. The molecule has 0 saturated carbocycles. The van der Waals surface area contributed by atoms with Crippen LogP contribution in [0.1, 0.15) is 25.3 Å². The molecule has 0 N–H and O–H groups in total. The van der Waals surface area contributed by atoms with E-state index in [0.717, 1.165) is 12.0 Å². The van der Waals surface area contributed by atoms with E-state index in [0.29, 0.717) is 25.1 Å². The Labute approximate surface area is 124 Å². The van der Waals surface area contributed by atoms with Crippen LogP contribution in [0.5, 0.6) is 0 Å². The van der Waals surface area contributed by atoms with Gasteiger partial charge < -0.3 is 9.47 Å². The molecule has 0 aromatic heterocycles. The zero-order valence-corrected chi connectivity index (χ0v) is 12.1. The van der Waals surface area contributed by atoms with E-state index < -0.39 is 6.09 Å². The summed E-state index contributed by atoms with van der Waals surface area (Å²) >= 11 is 0. The molecule has 0 atom stereocenters. The normalized spacial score (nSPS) is 14.3. The van der Waals surface area contributed by atoms with E-state index in [9.17, 15) is 9.59 Å². The van der Waals surface area contributed by atoms with Crippen LogP contribution in [0.15, 0.2) is 42.1 Å². The lowest BCUT2D eigenvalue weighted by Gasteiger charge is -2.23. The molecule has 2 rings (SSSR count). The summed E-state index contributed by atoms with van der Waals surface area (Å²) in [5, 5.41) is 0. The van der Waals surface area contributed by atoms with Gasteiger partial charge in [0.1, 0.15) is 6.61 Å². The third-order valence-electron chi connectivity index (χ3n) is 3.13. The molecule has 5 nitrogen and oxygen atoms in total. The molecule has 5 heteroatoms. The number of hydrogen-bond donors (Lipinski definition) is 0. The van der Waals surface area contributed by atoms with Gasteiger partial charge in [0.15, 0.2) is 0 Å². The van der Waals surface area contributed by atoms with E-state index in [2.05, 4.69) is 0 Å². The van der Waals surface area contributed by atoms with E-state index >= 15 is 0 Å². The maximum atomic E-state index is 12.0. The maximum absolute atomic E-state index is 12.0. The Morgan fingerprint density at radius 1 is 1.19 bits per heavy atom. The maximum Gasteiger partial charge on any atom is 0.414 e. The number of rotatable bonds is 4. The van der Waals surface area contributed by atoms with Crippen LogP contribution < -0.4 is 0 Å². The molecule has 0 spiro atoms. The van der Waals surface area contributed by atoms with Crippen molar-refractivity contribution in [3.63, 3.8) is 0 Å². The van der Waals surface area contributed by atoms with E-state index in [1.807, 2.05) is 30.3 Å². The Morgan fingerprint density at radius 2 is 1.95 bits per heavy atom. The zero-order valence-electron chi connectivity index (χ0n) is 12.1. The molecular weight excluding hydrogens is 270 g/mol. The molecule has 1 heterocycles. The summed E-state index contributed by atoms with van der Waals surface area (Å²) < 4.78 is 10.2. The lowest BCUT2D eigenvalue weighted by atomic mass is 10.1. The fourth-order valence-electron chi connectivity index (χ4n) is 2.08.